The van der Waals surface area contributed by atoms with Crippen molar-refractivity contribution in [3.63, 3.8) is 0 Å². The third kappa shape index (κ3) is 3.94. The first-order chi connectivity index (χ1) is 9.43. The van der Waals surface area contributed by atoms with E-state index in [4.69, 9.17) is 0 Å². The Labute approximate surface area is 118 Å². The third-order valence-electron chi connectivity index (χ3n) is 5.39. The van der Waals surface area contributed by atoms with Crippen molar-refractivity contribution in [2.75, 3.05) is 0 Å². The van der Waals surface area contributed by atoms with Crippen LogP contribution in [-0.2, 0) is 0 Å². The predicted molar refractivity (Wildman–Crippen MR) is 82.4 cm³/mol. The van der Waals surface area contributed by atoms with E-state index in [2.05, 4.69) is 17.3 Å². The van der Waals surface area contributed by atoms with Gasteiger partial charge in [0.25, 0.3) is 0 Å². The van der Waals surface area contributed by atoms with Crippen LogP contribution in [0.1, 0.15) is 77.0 Å². The predicted octanol–water partition coefficient (Wildman–Crippen LogP) is 5.51. The van der Waals surface area contributed by atoms with Crippen LogP contribution < -0.4 is 0 Å². The van der Waals surface area contributed by atoms with Crippen molar-refractivity contribution >= 4 is 6.21 Å². The molecule has 0 radical (unpaired) electrons. The molecule has 0 aromatic heterocycles. The lowest BCUT2D eigenvalue weighted by Crippen LogP contribution is -2.05. The Kier molecular flexibility index (Phi) is 4.74. The molecule has 3 aliphatic rings. The van der Waals surface area contributed by atoms with Crippen molar-refractivity contribution in [2.45, 2.75) is 77.0 Å². The zero-order chi connectivity index (χ0) is 12.9. The van der Waals surface area contributed by atoms with Crippen LogP contribution in [-0.4, -0.2) is 6.21 Å². The highest BCUT2D eigenvalue weighted by molar-refractivity contribution is 5.65. The molecule has 0 saturated heterocycles. The molecule has 2 atom stereocenters. The fraction of sp³-hybridized carbons (Fsp3) is 0.833. The van der Waals surface area contributed by atoms with Gasteiger partial charge in [-0.2, -0.15) is 0 Å². The highest BCUT2D eigenvalue weighted by Gasteiger charge is 2.39. The van der Waals surface area contributed by atoms with Gasteiger partial charge in [0.05, 0.1) is 0 Å². The normalized spacial score (nSPS) is 30.6. The number of allylic oxidation sites excluding steroid dienone is 2. The number of hydrogen-bond acceptors (Lipinski definition) is 1. The SMILES string of the molecule is C1=NC(C2CC2CCCCCC2CCCCC2)=CC1. The molecule has 106 valence electrons. The second kappa shape index (κ2) is 6.72. The quantitative estimate of drug-likeness (QED) is 0.534. The third-order valence-corrected chi connectivity index (χ3v) is 5.39. The summed E-state index contributed by atoms with van der Waals surface area (Å²) in [5.41, 5.74) is 1.41. The van der Waals surface area contributed by atoms with E-state index in [0.717, 1.165) is 24.2 Å². The molecule has 0 aromatic carbocycles. The Morgan fingerprint density at radius 1 is 1.00 bits per heavy atom. The standard InChI is InChI=1S/C18H29N/c1-3-8-15(9-4-1)10-5-2-6-11-16-14-17(16)18-12-7-13-19-18/h12-13,15-17H,1-11,14H2. The molecule has 2 aliphatic carbocycles. The maximum absolute atomic E-state index is 4.49. The van der Waals surface area contributed by atoms with Gasteiger partial charge in [-0.3, -0.25) is 4.99 Å². The average Bonchev–Trinajstić information content (AvgIpc) is 3.01. The molecular weight excluding hydrogens is 230 g/mol. The van der Waals surface area contributed by atoms with Crippen LogP contribution in [0.25, 0.3) is 0 Å². The summed E-state index contributed by atoms with van der Waals surface area (Å²) in [4.78, 5) is 4.49. The van der Waals surface area contributed by atoms with E-state index >= 15 is 0 Å². The van der Waals surface area contributed by atoms with E-state index in [9.17, 15) is 0 Å². The van der Waals surface area contributed by atoms with Gasteiger partial charge in [-0.1, -0.05) is 63.9 Å². The van der Waals surface area contributed by atoms with E-state index in [0.29, 0.717) is 0 Å². The second-order valence-electron chi connectivity index (χ2n) is 6.92. The molecule has 1 heterocycles. The fourth-order valence-corrected chi connectivity index (χ4v) is 4.05. The molecular formula is C18H29N. The summed E-state index contributed by atoms with van der Waals surface area (Å²) in [6, 6.07) is 0. The van der Waals surface area contributed by atoms with E-state index < -0.39 is 0 Å². The Morgan fingerprint density at radius 2 is 1.84 bits per heavy atom. The van der Waals surface area contributed by atoms with Crippen LogP contribution >= 0.6 is 0 Å². The zero-order valence-corrected chi connectivity index (χ0v) is 12.3. The number of hydrogen-bond donors (Lipinski definition) is 0. The maximum atomic E-state index is 4.49. The van der Waals surface area contributed by atoms with Gasteiger partial charge in [0.15, 0.2) is 0 Å². The molecule has 0 aromatic rings. The van der Waals surface area contributed by atoms with Gasteiger partial charge in [-0.15, -0.1) is 0 Å². The van der Waals surface area contributed by atoms with Gasteiger partial charge in [0, 0.05) is 24.3 Å². The van der Waals surface area contributed by atoms with Crippen molar-refractivity contribution in [3.8, 4) is 0 Å². The van der Waals surface area contributed by atoms with Crippen LogP contribution in [0.2, 0.25) is 0 Å². The Balaban J connectivity index is 1.21. The van der Waals surface area contributed by atoms with E-state index in [-0.39, 0.29) is 0 Å². The number of aliphatic imine (C=N–C) groups is 1. The van der Waals surface area contributed by atoms with E-state index in [1.165, 1.54) is 76.3 Å². The smallest absolute Gasteiger partial charge is 0.0397 e. The molecule has 1 heteroatoms. The van der Waals surface area contributed by atoms with Gasteiger partial charge in [0.1, 0.15) is 0 Å². The van der Waals surface area contributed by atoms with Crippen molar-refractivity contribution in [2.24, 2.45) is 22.7 Å². The second-order valence-corrected chi connectivity index (χ2v) is 6.92. The first kappa shape index (κ1) is 13.4. The lowest BCUT2D eigenvalue weighted by Gasteiger charge is -2.21. The minimum atomic E-state index is 0.845. The maximum Gasteiger partial charge on any atom is 0.0397 e. The summed E-state index contributed by atoms with van der Waals surface area (Å²) in [7, 11) is 0. The highest BCUT2D eigenvalue weighted by atomic mass is 14.8. The van der Waals surface area contributed by atoms with Crippen molar-refractivity contribution in [1.29, 1.82) is 0 Å². The molecule has 2 fully saturated rings. The first-order valence-corrected chi connectivity index (χ1v) is 8.66. The molecule has 1 aliphatic heterocycles. The topological polar surface area (TPSA) is 12.4 Å². The van der Waals surface area contributed by atoms with Gasteiger partial charge in [-0.25, -0.2) is 0 Å². The summed E-state index contributed by atoms with van der Waals surface area (Å²) in [5.74, 6) is 2.91. The summed E-state index contributed by atoms with van der Waals surface area (Å²) in [6.07, 6.45) is 21.9. The van der Waals surface area contributed by atoms with Crippen molar-refractivity contribution in [1.82, 2.24) is 0 Å². The van der Waals surface area contributed by atoms with Crippen LogP contribution in [0.4, 0.5) is 0 Å². The first-order valence-electron chi connectivity index (χ1n) is 8.66. The molecule has 1 nitrogen and oxygen atoms in total. The molecule has 2 saturated carbocycles. The molecule has 3 rings (SSSR count). The zero-order valence-electron chi connectivity index (χ0n) is 12.3. The van der Waals surface area contributed by atoms with Crippen LogP contribution in [0, 0.1) is 17.8 Å². The van der Waals surface area contributed by atoms with Crippen LogP contribution in [0.5, 0.6) is 0 Å². The van der Waals surface area contributed by atoms with E-state index in [1.54, 1.807) is 0 Å². The van der Waals surface area contributed by atoms with Gasteiger partial charge < -0.3 is 0 Å². The monoisotopic (exact) mass is 259 g/mol. The summed E-state index contributed by atoms with van der Waals surface area (Å²) < 4.78 is 0. The number of unbranched alkanes of at least 4 members (excludes halogenated alkanes) is 2. The van der Waals surface area contributed by atoms with Crippen molar-refractivity contribution in [3.05, 3.63) is 11.8 Å². The fourth-order valence-electron chi connectivity index (χ4n) is 4.05. The van der Waals surface area contributed by atoms with Gasteiger partial charge in [0.2, 0.25) is 0 Å². The summed E-state index contributed by atoms with van der Waals surface area (Å²) in [5, 5.41) is 0. The lowest BCUT2D eigenvalue weighted by molar-refractivity contribution is 0.327. The van der Waals surface area contributed by atoms with Crippen molar-refractivity contribution < 1.29 is 0 Å². The van der Waals surface area contributed by atoms with E-state index in [1.807, 2.05) is 0 Å². The largest absolute Gasteiger partial charge is 0.265 e. The molecule has 19 heavy (non-hydrogen) atoms. The summed E-state index contributed by atoms with van der Waals surface area (Å²) >= 11 is 0. The minimum Gasteiger partial charge on any atom is -0.265 e. The number of rotatable bonds is 7. The minimum absolute atomic E-state index is 0.845. The molecule has 0 bridgehead atoms. The van der Waals surface area contributed by atoms with Crippen LogP contribution in [0.3, 0.4) is 0 Å². The van der Waals surface area contributed by atoms with Gasteiger partial charge in [-0.05, 0) is 24.7 Å². The van der Waals surface area contributed by atoms with Crippen LogP contribution in [0.15, 0.2) is 16.8 Å². The summed E-state index contributed by atoms with van der Waals surface area (Å²) in [6.45, 7) is 0. The molecule has 2 unspecified atom stereocenters. The average molecular weight is 259 g/mol. The Bertz CT molecular complexity index is 336. The molecule has 0 N–H and O–H groups in total. The number of nitrogens with zero attached hydrogens (tertiary/aromatic N) is 1. The lowest BCUT2D eigenvalue weighted by atomic mass is 9.85. The van der Waals surface area contributed by atoms with Gasteiger partial charge >= 0.3 is 0 Å². The Morgan fingerprint density at radius 3 is 2.63 bits per heavy atom. The molecule has 0 spiro atoms. The Hall–Kier alpha value is -0.590. The molecule has 0 amide bonds. The highest BCUT2D eigenvalue weighted by Crippen LogP contribution is 2.48.